The van der Waals surface area contributed by atoms with E-state index in [0.717, 1.165) is 0 Å². The van der Waals surface area contributed by atoms with Crippen molar-refractivity contribution in [2.45, 2.75) is 13.3 Å². The van der Waals surface area contributed by atoms with Gasteiger partial charge in [-0.15, -0.1) is 0 Å². The largest absolute Gasteiger partial charge is 0.467 e. The Bertz CT molecular complexity index is 232. The first-order valence-corrected chi connectivity index (χ1v) is 5.73. The third-order valence-electron chi connectivity index (χ3n) is 2.12. The van der Waals surface area contributed by atoms with Crippen LogP contribution in [0.3, 0.4) is 0 Å². The number of rotatable bonds is 12. The van der Waals surface area contributed by atoms with Gasteiger partial charge >= 0.3 is 5.97 Å². The lowest BCUT2D eigenvalue weighted by atomic mass is 10.3. The van der Waals surface area contributed by atoms with Gasteiger partial charge in [0.15, 0.2) is 0 Å². The second kappa shape index (κ2) is 11.8. The fraction of sp³-hybridized carbons (Fsp3) is 0.727. The lowest BCUT2D eigenvalue weighted by molar-refractivity contribution is -0.144. The molecule has 0 spiro atoms. The molecule has 0 heterocycles. The van der Waals surface area contributed by atoms with Crippen molar-refractivity contribution in [1.82, 2.24) is 4.90 Å². The molecule has 0 amide bonds. The van der Waals surface area contributed by atoms with E-state index in [1.54, 1.807) is 6.92 Å². The molecule has 0 aliphatic carbocycles. The van der Waals surface area contributed by atoms with Crippen molar-refractivity contribution in [2.75, 3.05) is 39.5 Å². The van der Waals surface area contributed by atoms with Gasteiger partial charge in [0, 0.05) is 19.6 Å². The maximum Gasteiger partial charge on any atom is 0.307 e. The molecule has 0 radical (unpaired) electrons. The zero-order valence-corrected chi connectivity index (χ0v) is 10.5. The van der Waals surface area contributed by atoms with Crippen LogP contribution in [0.1, 0.15) is 13.3 Å². The van der Waals surface area contributed by atoms with Crippen molar-refractivity contribution < 1.29 is 28.6 Å². The van der Waals surface area contributed by atoms with Crippen LogP contribution in [0.5, 0.6) is 0 Å². The van der Waals surface area contributed by atoms with E-state index in [0.29, 0.717) is 39.2 Å². The highest BCUT2D eigenvalue weighted by Crippen LogP contribution is 1.95. The molecule has 0 aromatic carbocycles. The Kier molecular flexibility index (Phi) is 10.8. The summed E-state index contributed by atoms with van der Waals surface area (Å²) < 4.78 is 14.0. The minimum Gasteiger partial charge on any atom is -0.467 e. The number of hydrogen-bond acceptors (Lipinski definition) is 7. The first-order chi connectivity index (χ1) is 8.74. The molecule has 7 heteroatoms. The predicted octanol–water partition coefficient (Wildman–Crippen LogP) is -0.412. The molecule has 104 valence electrons. The van der Waals surface area contributed by atoms with Crippen molar-refractivity contribution >= 4 is 18.9 Å². The summed E-state index contributed by atoms with van der Waals surface area (Å²) >= 11 is 0. The van der Waals surface area contributed by atoms with Gasteiger partial charge in [0.1, 0.15) is 13.2 Å². The normalized spacial score (nSPS) is 9.89. The third-order valence-corrected chi connectivity index (χ3v) is 2.12. The molecule has 0 unspecified atom stereocenters. The quantitative estimate of drug-likeness (QED) is 0.204. The average molecular weight is 261 g/mol. The number of ether oxygens (including phenoxy) is 3. The van der Waals surface area contributed by atoms with Crippen molar-refractivity contribution in [2.24, 2.45) is 0 Å². The van der Waals surface area contributed by atoms with Gasteiger partial charge in [0.2, 0.25) is 0 Å². The summed E-state index contributed by atoms with van der Waals surface area (Å²) in [6, 6.07) is 0. The molecule has 7 nitrogen and oxygen atoms in total. The fourth-order valence-electron chi connectivity index (χ4n) is 1.28. The van der Waals surface area contributed by atoms with Gasteiger partial charge in [-0.1, -0.05) is 0 Å². The molecule has 0 rings (SSSR count). The highest BCUT2D eigenvalue weighted by Gasteiger charge is 2.09. The topological polar surface area (TPSA) is 82.1 Å². The van der Waals surface area contributed by atoms with E-state index in [9.17, 15) is 14.4 Å². The lowest BCUT2D eigenvalue weighted by Crippen LogP contribution is -2.33. The second-order valence-corrected chi connectivity index (χ2v) is 3.33. The molecule has 18 heavy (non-hydrogen) atoms. The van der Waals surface area contributed by atoms with Crippen LogP contribution in [0.15, 0.2) is 0 Å². The maximum atomic E-state index is 11.2. The van der Waals surface area contributed by atoms with Gasteiger partial charge in [0.05, 0.1) is 13.0 Å². The van der Waals surface area contributed by atoms with E-state index in [2.05, 4.69) is 9.47 Å². The zero-order chi connectivity index (χ0) is 13.6. The Labute approximate surface area is 106 Å². The summed E-state index contributed by atoms with van der Waals surface area (Å²) in [6.07, 6.45) is 0.246. The number of hydrogen-bond donors (Lipinski definition) is 0. The molecule has 0 saturated carbocycles. The number of nitrogens with zero attached hydrogens (tertiary/aromatic N) is 1. The van der Waals surface area contributed by atoms with Crippen molar-refractivity contribution in [1.29, 1.82) is 0 Å². The van der Waals surface area contributed by atoms with E-state index < -0.39 is 0 Å². The summed E-state index contributed by atoms with van der Waals surface area (Å²) in [7, 11) is 0. The van der Waals surface area contributed by atoms with E-state index in [1.807, 2.05) is 4.90 Å². The van der Waals surface area contributed by atoms with Gasteiger partial charge in [-0.3, -0.25) is 19.3 Å². The number of carbonyl (C=O) groups is 3. The first-order valence-electron chi connectivity index (χ1n) is 5.73. The highest BCUT2D eigenvalue weighted by atomic mass is 16.5. The molecule has 0 bridgehead atoms. The average Bonchev–Trinajstić information content (AvgIpc) is 2.36. The van der Waals surface area contributed by atoms with Crippen LogP contribution in [-0.2, 0) is 28.6 Å². The van der Waals surface area contributed by atoms with Crippen molar-refractivity contribution in [3.63, 3.8) is 0 Å². The van der Waals surface area contributed by atoms with Crippen LogP contribution in [-0.4, -0.2) is 63.3 Å². The third kappa shape index (κ3) is 9.59. The molecular weight excluding hydrogens is 242 g/mol. The predicted molar refractivity (Wildman–Crippen MR) is 61.7 cm³/mol. The summed E-state index contributed by atoms with van der Waals surface area (Å²) in [5.41, 5.74) is 0. The highest BCUT2D eigenvalue weighted by molar-refractivity contribution is 5.69. The Morgan fingerprint density at radius 2 is 1.61 bits per heavy atom. The van der Waals surface area contributed by atoms with Gasteiger partial charge in [-0.05, 0) is 6.92 Å². The molecule has 0 N–H and O–H groups in total. The maximum absolute atomic E-state index is 11.2. The van der Waals surface area contributed by atoms with Gasteiger partial charge in [-0.2, -0.15) is 0 Å². The van der Waals surface area contributed by atoms with Gasteiger partial charge in [0.25, 0.3) is 12.9 Å². The Morgan fingerprint density at radius 1 is 1.06 bits per heavy atom. The number of esters is 1. The minimum atomic E-state index is -0.282. The van der Waals surface area contributed by atoms with Gasteiger partial charge in [-0.25, -0.2) is 0 Å². The van der Waals surface area contributed by atoms with E-state index in [1.165, 1.54) is 0 Å². The summed E-state index contributed by atoms with van der Waals surface area (Å²) in [5, 5.41) is 0. The van der Waals surface area contributed by atoms with Crippen LogP contribution >= 0.6 is 0 Å². The molecule has 0 aromatic heterocycles. The second-order valence-electron chi connectivity index (χ2n) is 3.33. The van der Waals surface area contributed by atoms with E-state index in [-0.39, 0.29) is 25.6 Å². The lowest BCUT2D eigenvalue weighted by Gasteiger charge is -2.20. The Balaban J connectivity index is 3.89. The van der Waals surface area contributed by atoms with Crippen LogP contribution in [0, 0.1) is 0 Å². The van der Waals surface area contributed by atoms with Crippen molar-refractivity contribution in [3.05, 3.63) is 0 Å². The summed E-state index contributed by atoms with van der Waals surface area (Å²) in [5.74, 6) is -0.282. The zero-order valence-electron chi connectivity index (χ0n) is 10.5. The van der Waals surface area contributed by atoms with E-state index in [4.69, 9.17) is 4.74 Å². The molecular formula is C11H19NO6. The first kappa shape index (κ1) is 16.4. The molecule has 0 saturated heterocycles. The molecule has 0 fully saturated rings. The number of carbonyl (C=O) groups excluding carboxylic acids is 3. The molecule has 0 aromatic rings. The van der Waals surface area contributed by atoms with Gasteiger partial charge < -0.3 is 14.2 Å². The Morgan fingerprint density at radius 3 is 2.06 bits per heavy atom. The van der Waals surface area contributed by atoms with Crippen LogP contribution < -0.4 is 0 Å². The van der Waals surface area contributed by atoms with Crippen LogP contribution in [0.2, 0.25) is 0 Å². The standard InChI is InChI=1S/C11H19NO6/c1-2-18-11(15)3-4-12(5-7-16-9-13)6-8-17-10-14/h9-10H,2-8H2,1H3. The summed E-state index contributed by atoms with van der Waals surface area (Å²) in [4.78, 5) is 33.1. The monoisotopic (exact) mass is 261 g/mol. The van der Waals surface area contributed by atoms with Crippen molar-refractivity contribution in [3.8, 4) is 0 Å². The molecule has 0 atom stereocenters. The van der Waals surface area contributed by atoms with E-state index >= 15 is 0 Å². The molecule has 0 aliphatic rings. The summed E-state index contributed by atoms with van der Waals surface area (Å²) in [6.45, 7) is 4.69. The SMILES string of the molecule is CCOC(=O)CCN(CCOC=O)CCOC=O. The van der Waals surface area contributed by atoms with Crippen LogP contribution in [0.25, 0.3) is 0 Å². The fourth-order valence-corrected chi connectivity index (χ4v) is 1.28. The van der Waals surface area contributed by atoms with Crippen LogP contribution in [0.4, 0.5) is 0 Å². The Hall–Kier alpha value is -1.63. The smallest absolute Gasteiger partial charge is 0.307 e. The molecule has 0 aliphatic heterocycles. The minimum absolute atomic E-state index is 0.230.